The van der Waals surface area contributed by atoms with Crippen LogP contribution < -0.4 is 10.2 Å². The number of hydrogen-bond acceptors (Lipinski definition) is 3. The van der Waals surface area contributed by atoms with E-state index in [4.69, 9.17) is 0 Å². The van der Waals surface area contributed by atoms with Crippen LogP contribution in [0.2, 0.25) is 0 Å². The number of halogens is 1. The van der Waals surface area contributed by atoms with Gasteiger partial charge in [-0.25, -0.2) is 9.37 Å². The summed E-state index contributed by atoms with van der Waals surface area (Å²) >= 11 is 0. The van der Waals surface area contributed by atoms with Gasteiger partial charge < -0.3 is 14.8 Å². The van der Waals surface area contributed by atoms with Crippen LogP contribution in [0.5, 0.6) is 0 Å². The molecule has 1 aliphatic heterocycles. The summed E-state index contributed by atoms with van der Waals surface area (Å²) in [6.07, 6.45) is 4.94. The zero-order chi connectivity index (χ0) is 19.5. The van der Waals surface area contributed by atoms with E-state index in [-0.39, 0.29) is 24.8 Å². The number of benzene rings is 2. The van der Waals surface area contributed by atoms with Crippen LogP contribution in [0.4, 0.5) is 10.1 Å². The molecule has 0 aliphatic carbocycles. The SMILES string of the molecule is O=C(NCc1ccc(-n2ccnc2)c(F)c1)C1CC(=O)N(c2ccccc2)C1. The van der Waals surface area contributed by atoms with Gasteiger partial charge in [0.05, 0.1) is 17.9 Å². The van der Waals surface area contributed by atoms with Gasteiger partial charge in [-0.2, -0.15) is 0 Å². The molecule has 1 aromatic heterocycles. The lowest BCUT2D eigenvalue weighted by Crippen LogP contribution is -2.32. The highest BCUT2D eigenvalue weighted by Crippen LogP contribution is 2.25. The molecule has 1 fully saturated rings. The molecule has 1 atom stereocenters. The van der Waals surface area contributed by atoms with E-state index in [0.29, 0.717) is 17.8 Å². The van der Waals surface area contributed by atoms with Crippen LogP contribution in [-0.2, 0) is 16.1 Å². The third-order valence-corrected chi connectivity index (χ3v) is 4.83. The predicted molar refractivity (Wildman–Crippen MR) is 102 cm³/mol. The first-order valence-corrected chi connectivity index (χ1v) is 9.01. The van der Waals surface area contributed by atoms with Crippen LogP contribution >= 0.6 is 0 Å². The van der Waals surface area contributed by atoms with Gasteiger partial charge in [-0.3, -0.25) is 9.59 Å². The molecule has 0 saturated carbocycles. The summed E-state index contributed by atoms with van der Waals surface area (Å²) in [5.41, 5.74) is 1.84. The second-order valence-electron chi connectivity index (χ2n) is 6.71. The molecular weight excluding hydrogens is 359 g/mol. The lowest BCUT2D eigenvalue weighted by molar-refractivity contribution is -0.126. The van der Waals surface area contributed by atoms with E-state index in [2.05, 4.69) is 10.3 Å². The number of rotatable bonds is 5. The molecule has 1 N–H and O–H groups in total. The highest BCUT2D eigenvalue weighted by molar-refractivity contribution is 6.00. The fraction of sp³-hybridized carbons (Fsp3) is 0.190. The first kappa shape index (κ1) is 17.9. The summed E-state index contributed by atoms with van der Waals surface area (Å²) in [5, 5.41) is 2.81. The van der Waals surface area contributed by atoms with Crippen LogP contribution in [-0.4, -0.2) is 27.9 Å². The Morgan fingerprint density at radius 2 is 2.04 bits per heavy atom. The number of imidazole rings is 1. The van der Waals surface area contributed by atoms with E-state index >= 15 is 0 Å². The van der Waals surface area contributed by atoms with Crippen LogP contribution in [0.25, 0.3) is 5.69 Å². The summed E-state index contributed by atoms with van der Waals surface area (Å²) in [6, 6.07) is 14.1. The van der Waals surface area contributed by atoms with E-state index < -0.39 is 11.7 Å². The Labute approximate surface area is 161 Å². The lowest BCUT2D eigenvalue weighted by Gasteiger charge is -2.16. The van der Waals surface area contributed by atoms with Gasteiger partial charge in [-0.1, -0.05) is 24.3 Å². The number of amides is 2. The standard InChI is InChI=1S/C21H19FN4O2/c22-18-10-15(6-7-19(18)25-9-8-23-14-25)12-24-21(28)16-11-20(27)26(13-16)17-4-2-1-3-5-17/h1-10,14,16H,11-13H2,(H,24,28). The fourth-order valence-electron chi connectivity index (χ4n) is 3.35. The number of aromatic nitrogens is 2. The molecule has 4 rings (SSSR count). The van der Waals surface area contributed by atoms with E-state index in [0.717, 1.165) is 5.69 Å². The molecule has 1 unspecified atom stereocenters. The maximum Gasteiger partial charge on any atom is 0.227 e. The average Bonchev–Trinajstić information content (AvgIpc) is 3.37. The minimum absolute atomic E-state index is 0.0675. The molecule has 3 aromatic rings. The van der Waals surface area contributed by atoms with Gasteiger partial charge in [0.15, 0.2) is 0 Å². The summed E-state index contributed by atoms with van der Waals surface area (Å²) in [6.45, 7) is 0.554. The first-order valence-electron chi connectivity index (χ1n) is 9.01. The quantitative estimate of drug-likeness (QED) is 0.742. The molecular formula is C21H19FN4O2. The zero-order valence-corrected chi connectivity index (χ0v) is 15.1. The number of carbonyl (C=O) groups is 2. The second kappa shape index (κ2) is 7.64. The number of anilines is 1. The van der Waals surface area contributed by atoms with Gasteiger partial charge in [0, 0.05) is 37.6 Å². The van der Waals surface area contributed by atoms with E-state index in [1.807, 2.05) is 30.3 Å². The molecule has 1 aliphatic rings. The van der Waals surface area contributed by atoms with Crippen molar-refractivity contribution in [3.05, 3.63) is 78.6 Å². The molecule has 2 aromatic carbocycles. The van der Waals surface area contributed by atoms with Crippen molar-refractivity contribution in [2.45, 2.75) is 13.0 Å². The van der Waals surface area contributed by atoms with Gasteiger partial charge in [0.25, 0.3) is 0 Å². The summed E-state index contributed by atoms with van der Waals surface area (Å²) in [7, 11) is 0. The van der Waals surface area contributed by atoms with Crippen molar-refractivity contribution in [3.8, 4) is 5.69 Å². The van der Waals surface area contributed by atoms with Crippen molar-refractivity contribution in [2.75, 3.05) is 11.4 Å². The Morgan fingerprint density at radius 1 is 1.21 bits per heavy atom. The minimum Gasteiger partial charge on any atom is -0.352 e. The van der Waals surface area contributed by atoms with Crippen LogP contribution in [0.15, 0.2) is 67.3 Å². The van der Waals surface area contributed by atoms with Crippen molar-refractivity contribution in [3.63, 3.8) is 0 Å². The Morgan fingerprint density at radius 3 is 2.75 bits per heavy atom. The van der Waals surface area contributed by atoms with Crippen molar-refractivity contribution in [1.82, 2.24) is 14.9 Å². The molecule has 6 nitrogen and oxygen atoms in total. The number of nitrogens with zero attached hydrogens (tertiary/aromatic N) is 3. The van der Waals surface area contributed by atoms with Crippen LogP contribution in [0, 0.1) is 11.7 Å². The third kappa shape index (κ3) is 3.64. The summed E-state index contributed by atoms with van der Waals surface area (Å²) in [4.78, 5) is 30.3. The van der Waals surface area contributed by atoms with E-state index in [1.165, 1.54) is 12.4 Å². The minimum atomic E-state index is -0.414. The van der Waals surface area contributed by atoms with Gasteiger partial charge in [-0.05, 0) is 29.8 Å². The monoisotopic (exact) mass is 378 g/mol. The number of para-hydroxylation sites is 1. The zero-order valence-electron chi connectivity index (χ0n) is 15.1. The summed E-state index contributed by atoms with van der Waals surface area (Å²) < 4.78 is 15.9. The Kier molecular flexibility index (Phi) is 4.89. The molecule has 0 radical (unpaired) electrons. The maximum atomic E-state index is 14.3. The topological polar surface area (TPSA) is 67.2 Å². The van der Waals surface area contributed by atoms with Crippen LogP contribution in [0.3, 0.4) is 0 Å². The highest BCUT2D eigenvalue weighted by atomic mass is 19.1. The first-order chi connectivity index (χ1) is 13.6. The molecule has 0 spiro atoms. The molecule has 0 bridgehead atoms. The number of hydrogen-bond donors (Lipinski definition) is 1. The molecule has 2 heterocycles. The Hall–Kier alpha value is -3.48. The number of carbonyl (C=O) groups excluding carboxylic acids is 2. The molecule has 7 heteroatoms. The Bertz CT molecular complexity index is 989. The summed E-state index contributed by atoms with van der Waals surface area (Å²) in [5.74, 6) is -1.08. The average molecular weight is 378 g/mol. The predicted octanol–water partition coefficient (Wildman–Crippen LogP) is 2.68. The van der Waals surface area contributed by atoms with Crippen molar-refractivity contribution in [2.24, 2.45) is 5.92 Å². The smallest absolute Gasteiger partial charge is 0.227 e. The van der Waals surface area contributed by atoms with Crippen LogP contribution in [0.1, 0.15) is 12.0 Å². The largest absolute Gasteiger partial charge is 0.352 e. The van der Waals surface area contributed by atoms with Crippen molar-refractivity contribution < 1.29 is 14.0 Å². The second-order valence-corrected chi connectivity index (χ2v) is 6.71. The van der Waals surface area contributed by atoms with Gasteiger partial charge >= 0.3 is 0 Å². The Balaban J connectivity index is 1.37. The van der Waals surface area contributed by atoms with Crippen molar-refractivity contribution in [1.29, 1.82) is 0 Å². The van der Waals surface area contributed by atoms with Gasteiger partial charge in [-0.15, -0.1) is 0 Å². The van der Waals surface area contributed by atoms with E-state index in [1.54, 1.807) is 34.0 Å². The molecule has 28 heavy (non-hydrogen) atoms. The molecule has 142 valence electrons. The van der Waals surface area contributed by atoms with Crippen molar-refractivity contribution >= 4 is 17.5 Å². The molecule has 1 saturated heterocycles. The highest BCUT2D eigenvalue weighted by Gasteiger charge is 2.34. The fourth-order valence-corrected chi connectivity index (χ4v) is 3.35. The lowest BCUT2D eigenvalue weighted by atomic mass is 10.1. The van der Waals surface area contributed by atoms with E-state index in [9.17, 15) is 14.0 Å². The normalized spacial score (nSPS) is 16.4. The molecule has 2 amide bonds. The number of nitrogens with one attached hydrogen (secondary N) is 1. The third-order valence-electron chi connectivity index (χ3n) is 4.83. The van der Waals surface area contributed by atoms with Gasteiger partial charge in [0.1, 0.15) is 5.82 Å². The maximum absolute atomic E-state index is 14.3. The van der Waals surface area contributed by atoms with Gasteiger partial charge in [0.2, 0.25) is 11.8 Å².